The molecule has 4 heteroatoms. The number of hydrogen-bond donors (Lipinski definition) is 1. The Hall–Kier alpha value is -0.730. The molecule has 0 aliphatic rings. The van der Waals surface area contributed by atoms with E-state index in [9.17, 15) is 9.90 Å². The molecule has 2 nitrogen and oxygen atoms in total. The molecule has 0 radical (unpaired) electrons. The molecule has 21 heavy (non-hydrogen) atoms. The van der Waals surface area contributed by atoms with Gasteiger partial charge in [0, 0.05) is 23.4 Å². The number of phenols is 1. The molecule has 0 amide bonds. The SMILES string of the molecule is Cc1c(Cl)cc(CC(=O)CC(C)CC(C)(C)C)c(O)c1Cl. The quantitative estimate of drug-likeness (QED) is 0.764. The Morgan fingerprint density at radius 1 is 1.33 bits per heavy atom. The Kier molecular flexibility index (Phi) is 6.12. The Morgan fingerprint density at radius 3 is 2.43 bits per heavy atom. The highest BCUT2D eigenvalue weighted by atomic mass is 35.5. The first kappa shape index (κ1) is 18.3. The number of rotatable bonds is 5. The molecular formula is C17H24Cl2O2. The fourth-order valence-electron chi connectivity index (χ4n) is 2.68. The number of aromatic hydroxyl groups is 1. The minimum Gasteiger partial charge on any atom is -0.506 e. The van der Waals surface area contributed by atoms with Crippen molar-refractivity contribution in [2.45, 2.75) is 53.9 Å². The van der Waals surface area contributed by atoms with Crippen LogP contribution in [0.2, 0.25) is 10.0 Å². The van der Waals surface area contributed by atoms with Gasteiger partial charge in [-0.3, -0.25) is 4.79 Å². The van der Waals surface area contributed by atoms with E-state index in [1.54, 1.807) is 13.0 Å². The number of ketones is 1. The summed E-state index contributed by atoms with van der Waals surface area (Å²) in [5, 5.41) is 10.7. The van der Waals surface area contributed by atoms with Gasteiger partial charge in [-0.05, 0) is 36.3 Å². The normalized spacial score (nSPS) is 13.3. The van der Waals surface area contributed by atoms with Crippen LogP contribution in [0.25, 0.3) is 0 Å². The van der Waals surface area contributed by atoms with Crippen LogP contribution >= 0.6 is 23.2 Å². The predicted octanol–water partition coefficient (Wildman–Crippen LogP) is 5.58. The first-order valence-corrected chi connectivity index (χ1v) is 7.95. The fourth-order valence-corrected chi connectivity index (χ4v) is 3.18. The van der Waals surface area contributed by atoms with E-state index in [4.69, 9.17) is 23.2 Å². The van der Waals surface area contributed by atoms with Crippen LogP contribution in [0.4, 0.5) is 0 Å². The molecule has 0 aromatic heterocycles. The predicted molar refractivity (Wildman–Crippen MR) is 89.4 cm³/mol. The molecule has 1 aromatic carbocycles. The van der Waals surface area contributed by atoms with Crippen molar-refractivity contribution in [1.29, 1.82) is 0 Å². The second-order valence-corrected chi connectivity index (χ2v) is 7.88. The van der Waals surface area contributed by atoms with Crippen molar-refractivity contribution in [3.8, 4) is 5.75 Å². The second-order valence-electron chi connectivity index (χ2n) is 7.09. The van der Waals surface area contributed by atoms with Gasteiger partial charge in [0.15, 0.2) is 0 Å². The third-order valence-electron chi connectivity index (χ3n) is 3.43. The molecule has 0 fully saturated rings. The number of carbonyl (C=O) groups excluding carboxylic acids is 1. The zero-order valence-corrected chi connectivity index (χ0v) is 14.9. The van der Waals surface area contributed by atoms with Gasteiger partial charge in [-0.1, -0.05) is 50.9 Å². The van der Waals surface area contributed by atoms with E-state index >= 15 is 0 Å². The van der Waals surface area contributed by atoms with E-state index in [-0.39, 0.29) is 28.4 Å². The average molecular weight is 331 g/mol. The molecule has 0 bridgehead atoms. The van der Waals surface area contributed by atoms with Gasteiger partial charge in [0.2, 0.25) is 0 Å². The Labute approximate surface area is 137 Å². The van der Waals surface area contributed by atoms with Crippen LogP contribution in [0.1, 0.15) is 51.7 Å². The molecule has 1 N–H and O–H groups in total. The van der Waals surface area contributed by atoms with Crippen molar-refractivity contribution in [2.24, 2.45) is 11.3 Å². The van der Waals surface area contributed by atoms with Crippen molar-refractivity contribution in [3.05, 3.63) is 27.2 Å². The lowest BCUT2D eigenvalue weighted by molar-refractivity contribution is -0.119. The van der Waals surface area contributed by atoms with Crippen LogP contribution in [-0.2, 0) is 11.2 Å². The molecule has 0 aliphatic heterocycles. The van der Waals surface area contributed by atoms with E-state index in [0.717, 1.165) is 6.42 Å². The van der Waals surface area contributed by atoms with Gasteiger partial charge in [0.25, 0.3) is 0 Å². The van der Waals surface area contributed by atoms with E-state index in [1.165, 1.54) is 0 Å². The number of benzene rings is 1. The topological polar surface area (TPSA) is 37.3 Å². The molecule has 0 saturated heterocycles. The summed E-state index contributed by atoms with van der Waals surface area (Å²) in [5.41, 5.74) is 1.34. The zero-order chi connectivity index (χ0) is 16.4. The van der Waals surface area contributed by atoms with Gasteiger partial charge < -0.3 is 5.11 Å². The molecule has 1 rings (SSSR count). The molecule has 0 aliphatic carbocycles. The molecule has 1 atom stereocenters. The minimum absolute atomic E-state index is 0.0320. The number of Topliss-reactive ketones (excluding diaryl/α,β-unsaturated/α-hetero) is 1. The third-order valence-corrected chi connectivity index (χ3v) is 4.28. The molecule has 0 saturated carbocycles. The maximum Gasteiger partial charge on any atom is 0.138 e. The Balaban J connectivity index is 2.76. The number of carbonyl (C=O) groups is 1. The Morgan fingerprint density at radius 2 is 1.90 bits per heavy atom. The summed E-state index contributed by atoms with van der Waals surface area (Å²) in [4.78, 5) is 12.2. The summed E-state index contributed by atoms with van der Waals surface area (Å²) in [5.74, 6) is 0.379. The second kappa shape index (κ2) is 7.02. The maximum absolute atomic E-state index is 12.2. The summed E-state index contributed by atoms with van der Waals surface area (Å²) < 4.78 is 0. The first-order valence-electron chi connectivity index (χ1n) is 7.19. The monoisotopic (exact) mass is 330 g/mol. The lowest BCUT2D eigenvalue weighted by Crippen LogP contribution is -2.15. The standard InChI is InChI=1S/C17H24Cl2O2/c1-10(9-17(3,4)5)6-13(20)7-12-8-14(18)11(2)15(19)16(12)21/h8,10,21H,6-7,9H2,1-5H3. The lowest BCUT2D eigenvalue weighted by atomic mass is 9.83. The smallest absolute Gasteiger partial charge is 0.138 e. The third kappa shape index (κ3) is 5.52. The van der Waals surface area contributed by atoms with Crippen LogP contribution < -0.4 is 0 Å². The van der Waals surface area contributed by atoms with Gasteiger partial charge in [0.1, 0.15) is 11.5 Å². The largest absolute Gasteiger partial charge is 0.506 e. The highest BCUT2D eigenvalue weighted by Gasteiger charge is 2.20. The van der Waals surface area contributed by atoms with Crippen molar-refractivity contribution in [1.82, 2.24) is 0 Å². The molecule has 0 spiro atoms. The molecule has 0 heterocycles. The van der Waals surface area contributed by atoms with Crippen molar-refractivity contribution in [3.63, 3.8) is 0 Å². The summed E-state index contributed by atoms with van der Waals surface area (Å²) >= 11 is 12.1. The highest BCUT2D eigenvalue weighted by molar-refractivity contribution is 6.37. The molecular weight excluding hydrogens is 307 g/mol. The lowest BCUT2D eigenvalue weighted by Gasteiger charge is -2.22. The minimum atomic E-state index is -0.0320. The fraction of sp³-hybridized carbons (Fsp3) is 0.588. The number of hydrogen-bond acceptors (Lipinski definition) is 2. The van der Waals surface area contributed by atoms with Crippen LogP contribution in [0.5, 0.6) is 5.75 Å². The van der Waals surface area contributed by atoms with E-state index in [2.05, 4.69) is 27.7 Å². The van der Waals surface area contributed by atoms with Gasteiger partial charge >= 0.3 is 0 Å². The zero-order valence-electron chi connectivity index (χ0n) is 13.4. The highest BCUT2D eigenvalue weighted by Crippen LogP contribution is 2.36. The average Bonchev–Trinajstić information content (AvgIpc) is 2.30. The molecule has 1 aromatic rings. The van der Waals surface area contributed by atoms with Crippen LogP contribution in [0.15, 0.2) is 6.07 Å². The number of halogens is 2. The van der Waals surface area contributed by atoms with Crippen LogP contribution in [0, 0.1) is 18.3 Å². The summed E-state index contributed by atoms with van der Waals surface area (Å²) in [6.07, 6.45) is 1.65. The summed E-state index contributed by atoms with van der Waals surface area (Å²) in [6, 6.07) is 1.63. The molecule has 118 valence electrons. The van der Waals surface area contributed by atoms with Gasteiger partial charge in [0.05, 0.1) is 5.02 Å². The van der Waals surface area contributed by atoms with E-state index < -0.39 is 0 Å². The maximum atomic E-state index is 12.2. The van der Waals surface area contributed by atoms with Crippen molar-refractivity contribution in [2.75, 3.05) is 0 Å². The van der Waals surface area contributed by atoms with E-state index in [1.807, 2.05) is 0 Å². The number of phenolic OH excluding ortho intramolecular Hbond substituents is 1. The van der Waals surface area contributed by atoms with Gasteiger partial charge in [-0.15, -0.1) is 0 Å². The molecule has 1 unspecified atom stereocenters. The summed E-state index contributed by atoms with van der Waals surface area (Å²) in [7, 11) is 0. The van der Waals surface area contributed by atoms with E-state index in [0.29, 0.717) is 28.5 Å². The summed E-state index contributed by atoms with van der Waals surface area (Å²) in [6.45, 7) is 10.3. The van der Waals surface area contributed by atoms with Gasteiger partial charge in [-0.2, -0.15) is 0 Å². The van der Waals surface area contributed by atoms with Crippen LogP contribution in [0.3, 0.4) is 0 Å². The van der Waals surface area contributed by atoms with Crippen molar-refractivity contribution >= 4 is 29.0 Å². The Bertz CT molecular complexity index is 531. The van der Waals surface area contributed by atoms with Gasteiger partial charge in [-0.25, -0.2) is 0 Å². The first-order chi connectivity index (χ1) is 9.51. The van der Waals surface area contributed by atoms with Crippen LogP contribution in [-0.4, -0.2) is 10.9 Å². The van der Waals surface area contributed by atoms with Crippen molar-refractivity contribution < 1.29 is 9.90 Å².